The molecule has 0 aromatic carbocycles. The quantitative estimate of drug-likeness (QED) is 0.409. The number of ketones is 1. The smallest absolute Gasteiger partial charge is 0.212 e. The van der Waals surface area contributed by atoms with Crippen LogP contribution in [0.2, 0.25) is 0 Å². The molecule has 4 saturated heterocycles. The molecule has 0 aliphatic carbocycles. The normalized spacial score (nSPS) is 24.1. The van der Waals surface area contributed by atoms with Crippen molar-refractivity contribution in [2.24, 2.45) is 10.3 Å². The highest BCUT2D eigenvalue weighted by Gasteiger charge is 2.33. The Labute approximate surface area is 184 Å². The Hall–Kier alpha value is -0.380. The predicted octanol–water partition coefficient (Wildman–Crippen LogP) is -1.83. The van der Waals surface area contributed by atoms with Gasteiger partial charge in [0.05, 0.1) is 29.8 Å². The first kappa shape index (κ1) is 27.7. The summed E-state index contributed by atoms with van der Waals surface area (Å²) in [6.07, 6.45) is 2.63. The number of sulfonamides is 2. The van der Waals surface area contributed by atoms with Gasteiger partial charge in [0, 0.05) is 0 Å². The fourth-order valence-electron chi connectivity index (χ4n) is 3.31. The first-order chi connectivity index (χ1) is 13.6. The molecule has 14 heteroatoms. The summed E-state index contributed by atoms with van der Waals surface area (Å²) < 4.78 is 53.2. The fourth-order valence-corrected chi connectivity index (χ4v) is 5.07. The van der Waals surface area contributed by atoms with Gasteiger partial charge in [0.1, 0.15) is 13.2 Å². The van der Waals surface area contributed by atoms with Gasteiger partial charge in [-0.05, 0) is 51.9 Å². The molecule has 0 atom stereocenters. The number of ether oxygens (including phenoxy) is 2. The van der Waals surface area contributed by atoms with Gasteiger partial charge in [0.25, 0.3) is 0 Å². The van der Waals surface area contributed by atoms with Crippen LogP contribution in [0.5, 0.6) is 0 Å². The lowest BCUT2D eigenvalue weighted by atomic mass is 10.1. The van der Waals surface area contributed by atoms with Crippen LogP contribution in [0.4, 0.5) is 0 Å². The number of likely N-dealkylation sites (tertiary alicyclic amines) is 1. The summed E-state index contributed by atoms with van der Waals surface area (Å²) in [5.74, 6) is 0.213. The summed E-state index contributed by atoms with van der Waals surface area (Å²) in [4.78, 5) is 12.1. The highest BCUT2D eigenvalue weighted by molar-refractivity contribution is 7.90. The zero-order valence-electron chi connectivity index (χ0n) is 16.9. The Kier molecular flexibility index (Phi) is 11.6. The maximum absolute atomic E-state index is 11.1. The number of carbonyl (C=O) groups is 1. The molecule has 0 bridgehead atoms. The van der Waals surface area contributed by atoms with Gasteiger partial charge in [-0.25, -0.2) is 27.1 Å². The summed E-state index contributed by atoms with van der Waals surface area (Å²) in [7, 11) is -6.59. The Morgan fingerprint density at radius 2 is 1.27 bits per heavy atom. The zero-order valence-corrected chi connectivity index (χ0v) is 19.4. The summed E-state index contributed by atoms with van der Waals surface area (Å²) in [5.41, 5.74) is 0. The van der Waals surface area contributed by atoms with E-state index in [9.17, 15) is 21.6 Å². The lowest BCUT2D eigenvalue weighted by molar-refractivity contribution is -0.140. The molecule has 178 valence electrons. The molecule has 4 aliphatic rings. The number of carbonyl (C=O) groups excluding carboxylic acids is 1. The number of primary sulfonamides is 2. The lowest BCUT2D eigenvalue weighted by Crippen LogP contribution is -2.53. The van der Waals surface area contributed by atoms with Crippen LogP contribution < -0.4 is 15.6 Å². The molecule has 4 aliphatic heterocycles. The number of rotatable bonds is 3. The third-order valence-corrected chi connectivity index (χ3v) is 8.16. The summed E-state index contributed by atoms with van der Waals surface area (Å²) in [6, 6.07) is 0.511. The van der Waals surface area contributed by atoms with Crippen molar-refractivity contribution in [1.82, 2.24) is 10.2 Å². The molecule has 0 spiro atoms. The number of nitrogens with two attached hydrogens (primary N) is 2. The number of hydrogen-bond donors (Lipinski definition) is 3. The summed E-state index contributed by atoms with van der Waals surface area (Å²) in [6.45, 7) is 5.46. The van der Waals surface area contributed by atoms with E-state index in [-0.39, 0.29) is 28.7 Å². The largest absolute Gasteiger partial charge is 0.378 e. The zero-order chi connectivity index (χ0) is 21.5. The van der Waals surface area contributed by atoms with Crippen LogP contribution in [0.25, 0.3) is 0 Å². The van der Waals surface area contributed by atoms with Crippen LogP contribution in [-0.4, -0.2) is 96.7 Å². The van der Waals surface area contributed by atoms with Gasteiger partial charge in [-0.15, -0.1) is 12.4 Å². The van der Waals surface area contributed by atoms with E-state index < -0.39 is 20.0 Å². The second-order valence-electron chi connectivity index (χ2n) is 7.59. The van der Waals surface area contributed by atoms with E-state index >= 15 is 0 Å². The molecule has 0 saturated carbocycles. The molecule has 4 fully saturated rings. The number of Topliss-reactive ketones (excluding diaryl/α,β-unsaturated/α-hetero) is 1. The maximum atomic E-state index is 11.1. The molecule has 0 aromatic rings. The van der Waals surface area contributed by atoms with Crippen molar-refractivity contribution in [3.8, 4) is 0 Å². The molecular weight excluding hydrogens is 460 g/mol. The van der Waals surface area contributed by atoms with Crippen LogP contribution in [0.1, 0.15) is 25.7 Å². The van der Waals surface area contributed by atoms with Crippen molar-refractivity contribution in [3.63, 3.8) is 0 Å². The van der Waals surface area contributed by atoms with Gasteiger partial charge in [0.2, 0.25) is 20.0 Å². The molecule has 0 radical (unpaired) electrons. The van der Waals surface area contributed by atoms with E-state index in [1.54, 1.807) is 0 Å². The molecule has 0 amide bonds. The van der Waals surface area contributed by atoms with E-state index in [1.807, 2.05) is 0 Å². The molecule has 30 heavy (non-hydrogen) atoms. The second-order valence-corrected chi connectivity index (χ2v) is 11.3. The average Bonchev–Trinajstić information content (AvgIpc) is 2.59. The predicted molar refractivity (Wildman–Crippen MR) is 114 cm³/mol. The maximum Gasteiger partial charge on any atom is 0.212 e. The van der Waals surface area contributed by atoms with E-state index in [4.69, 9.17) is 15.0 Å². The minimum absolute atomic E-state index is 0. The third-order valence-electron chi connectivity index (χ3n) is 5.35. The van der Waals surface area contributed by atoms with E-state index in [0.29, 0.717) is 44.9 Å². The lowest BCUT2D eigenvalue weighted by Gasteiger charge is -2.40. The number of hydrogen-bond acceptors (Lipinski definition) is 9. The number of nitrogens with zero attached hydrogens (tertiary/aromatic N) is 1. The highest BCUT2D eigenvalue weighted by atomic mass is 35.5. The average molecular weight is 493 g/mol. The molecule has 0 unspecified atom stereocenters. The minimum Gasteiger partial charge on any atom is -0.378 e. The van der Waals surface area contributed by atoms with E-state index in [2.05, 4.69) is 15.0 Å². The Morgan fingerprint density at radius 1 is 0.833 bits per heavy atom. The van der Waals surface area contributed by atoms with Crippen molar-refractivity contribution in [3.05, 3.63) is 0 Å². The van der Waals surface area contributed by atoms with Crippen molar-refractivity contribution in [2.75, 3.05) is 52.6 Å². The number of piperidine rings is 2. The summed E-state index contributed by atoms with van der Waals surface area (Å²) >= 11 is 0. The summed E-state index contributed by atoms with van der Waals surface area (Å²) in [5, 5.41) is 12.5. The van der Waals surface area contributed by atoms with E-state index in [0.717, 1.165) is 39.4 Å². The van der Waals surface area contributed by atoms with Crippen molar-refractivity contribution < 1.29 is 31.1 Å². The molecule has 11 nitrogen and oxygen atoms in total. The number of nitrogens with one attached hydrogen (secondary N) is 1. The van der Waals surface area contributed by atoms with Crippen LogP contribution >= 0.6 is 12.4 Å². The third kappa shape index (κ3) is 9.40. The van der Waals surface area contributed by atoms with Crippen molar-refractivity contribution in [1.29, 1.82) is 0 Å². The van der Waals surface area contributed by atoms with E-state index in [1.165, 1.54) is 0 Å². The van der Waals surface area contributed by atoms with Crippen molar-refractivity contribution >= 4 is 38.2 Å². The Balaban J connectivity index is 0.000000246. The standard InChI is InChI=1S/C8H16N2O3S.C5H12N2O2S.C3H4O2.ClH/c9-14(11,12)8-1-3-10(4-2-8)7-5-13-6-7;6-10(8,9)5-1-3-7-4-2-5;4-3-1-5-2-3;/h7-8H,1-6H2,(H2,9,11,12);5,7H,1-4H2,(H2,6,8,9);1-2H2;1H. The van der Waals surface area contributed by atoms with Gasteiger partial charge < -0.3 is 14.8 Å². The second kappa shape index (κ2) is 12.6. The minimum atomic E-state index is -3.32. The molecule has 4 rings (SSSR count). The van der Waals surface area contributed by atoms with Gasteiger partial charge >= 0.3 is 0 Å². The van der Waals surface area contributed by atoms with Crippen LogP contribution in [-0.2, 0) is 34.3 Å². The van der Waals surface area contributed by atoms with Crippen molar-refractivity contribution in [2.45, 2.75) is 42.2 Å². The molecule has 5 N–H and O–H groups in total. The first-order valence-electron chi connectivity index (χ1n) is 9.72. The van der Waals surface area contributed by atoms with Gasteiger partial charge in [0.15, 0.2) is 5.78 Å². The van der Waals surface area contributed by atoms with Gasteiger partial charge in [-0.1, -0.05) is 0 Å². The monoisotopic (exact) mass is 492 g/mol. The van der Waals surface area contributed by atoms with Crippen LogP contribution in [0, 0.1) is 0 Å². The highest BCUT2D eigenvalue weighted by Crippen LogP contribution is 2.20. The van der Waals surface area contributed by atoms with Crippen LogP contribution in [0.3, 0.4) is 0 Å². The number of halogens is 1. The molecule has 0 aromatic heterocycles. The fraction of sp³-hybridized carbons (Fsp3) is 0.938. The Morgan fingerprint density at radius 3 is 1.53 bits per heavy atom. The molecule has 4 heterocycles. The SMILES string of the molecule is Cl.NS(=O)(=O)C1CCN(C2COC2)CC1.NS(=O)(=O)C1CCNCC1.O=C1COC1. The molecular formula is C16H33ClN4O7S2. The Bertz CT molecular complexity index is 727. The van der Waals surface area contributed by atoms with Gasteiger partial charge in [-0.3, -0.25) is 9.69 Å². The van der Waals surface area contributed by atoms with Gasteiger partial charge in [-0.2, -0.15) is 0 Å². The van der Waals surface area contributed by atoms with Crippen LogP contribution in [0.15, 0.2) is 0 Å². The topological polar surface area (TPSA) is 171 Å². The first-order valence-corrected chi connectivity index (χ1v) is 12.9.